The highest BCUT2D eigenvalue weighted by atomic mass is 19.4. The van der Waals surface area contributed by atoms with Gasteiger partial charge in [-0.1, -0.05) is 0 Å². The van der Waals surface area contributed by atoms with Crippen LogP contribution in [0, 0.1) is 0 Å². The first-order valence-electron chi connectivity index (χ1n) is 9.31. The number of hydrogen-bond acceptors (Lipinski definition) is 5. The number of amides is 1. The summed E-state index contributed by atoms with van der Waals surface area (Å²) in [5, 5.41) is 7.00. The molecule has 29 heavy (non-hydrogen) atoms. The number of fused-ring (bicyclic) bond motifs is 1. The molecule has 3 heterocycles. The molecule has 3 rings (SSSR count). The molecule has 0 spiro atoms. The number of nitrogens with zero attached hydrogens (tertiary/aromatic N) is 5. The maximum atomic E-state index is 13.1. The zero-order valence-electron chi connectivity index (χ0n) is 16.2. The first-order chi connectivity index (χ1) is 13.7. The lowest BCUT2D eigenvalue weighted by Crippen LogP contribution is -2.37. The normalized spacial score (nSPS) is 17.1. The molecule has 2 aromatic heterocycles. The van der Waals surface area contributed by atoms with Crippen LogP contribution >= 0.6 is 0 Å². The maximum Gasteiger partial charge on any atom is 0.418 e. The molecule has 0 aliphatic carbocycles. The molecule has 1 unspecified atom stereocenters. The second-order valence-electron chi connectivity index (χ2n) is 7.27. The molecular formula is C18H23F3N6O2. The van der Waals surface area contributed by atoms with Crippen molar-refractivity contribution in [3.63, 3.8) is 0 Å². The molecule has 1 aliphatic heterocycles. The summed E-state index contributed by atoms with van der Waals surface area (Å²) in [6, 6.07) is 1.61. The van der Waals surface area contributed by atoms with Crippen molar-refractivity contribution in [2.45, 2.75) is 44.6 Å². The van der Waals surface area contributed by atoms with E-state index in [1.165, 1.54) is 4.68 Å². The van der Waals surface area contributed by atoms with Crippen molar-refractivity contribution in [1.82, 2.24) is 29.5 Å². The summed E-state index contributed by atoms with van der Waals surface area (Å²) >= 11 is 0. The van der Waals surface area contributed by atoms with Crippen LogP contribution in [0.25, 0.3) is 0 Å². The number of pyridine rings is 1. The van der Waals surface area contributed by atoms with Gasteiger partial charge < -0.3 is 10.2 Å². The minimum absolute atomic E-state index is 0.210. The topological polar surface area (TPSA) is 85.0 Å². The molecule has 1 N–H and O–H groups in total. The van der Waals surface area contributed by atoms with Crippen molar-refractivity contribution >= 4 is 5.91 Å². The Balaban J connectivity index is 1.68. The van der Waals surface area contributed by atoms with Gasteiger partial charge in [0.05, 0.1) is 12.1 Å². The Labute approximate surface area is 165 Å². The van der Waals surface area contributed by atoms with Crippen molar-refractivity contribution < 1.29 is 18.0 Å². The van der Waals surface area contributed by atoms with Gasteiger partial charge in [0.15, 0.2) is 0 Å². The largest absolute Gasteiger partial charge is 0.418 e. The molecule has 0 bridgehead atoms. The van der Waals surface area contributed by atoms with Gasteiger partial charge in [-0.05, 0) is 39.1 Å². The van der Waals surface area contributed by atoms with E-state index in [2.05, 4.69) is 15.4 Å². The van der Waals surface area contributed by atoms with Gasteiger partial charge in [-0.3, -0.25) is 14.3 Å². The van der Waals surface area contributed by atoms with E-state index >= 15 is 0 Å². The zero-order valence-corrected chi connectivity index (χ0v) is 16.2. The molecule has 1 amide bonds. The third kappa shape index (κ3) is 4.84. The summed E-state index contributed by atoms with van der Waals surface area (Å²) in [6.07, 6.45) is -2.16. The highest BCUT2D eigenvalue weighted by Crippen LogP contribution is 2.31. The Morgan fingerprint density at radius 2 is 2.10 bits per heavy atom. The zero-order chi connectivity index (χ0) is 21.2. The van der Waals surface area contributed by atoms with E-state index in [0.717, 1.165) is 18.3 Å². The van der Waals surface area contributed by atoms with E-state index in [1.807, 2.05) is 19.0 Å². The van der Waals surface area contributed by atoms with Crippen LogP contribution in [0.4, 0.5) is 13.2 Å². The molecule has 8 nitrogen and oxygen atoms in total. The number of carbonyl (C=O) groups excluding carboxylic acids is 1. The van der Waals surface area contributed by atoms with Crippen molar-refractivity contribution in [3.05, 3.63) is 45.9 Å². The number of nitrogens with one attached hydrogen (secondary N) is 1. The second-order valence-corrected chi connectivity index (χ2v) is 7.27. The number of halogens is 3. The quantitative estimate of drug-likeness (QED) is 0.797. The number of alkyl halides is 3. The number of hydrogen-bond donors (Lipinski definition) is 1. The average molecular weight is 412 g/mol. The lowest BCUT2D eigenvalue weighted by atomic mass is 10.1. The number of likely N-dealkylation sites (N-methyl/N-ethyl adjacent to an activating group) is 1. The van der Waals surface area contributed by atoms with E-state index in [0.29, 0.717) is 44.7 Å². The fourth-order valence-electron chi connectivity index (χ4n) is 3.28. The standard InChI is InChI=1S/C18H23F3N6O2/c1-25(2)10-11-27-17(29)26-9-7-12(5-6-14(26)24-27)23-16(28)15-13(18(19,20)21)4-3-8-22-15/h3-4,8,12H,5-7,9-11H2,1-2H3,(H,23,28). The fraction of sp³-hybridized carbons (Fsp3) is 0.556. The molecule has 1 aliphatic rings. The van der Waals surface area contributed by atoms with Crippen LogP contribution in [0.15, 0.2) is 23.1 Å². The van der Waals surface area contributed by atoms with E-state index in [-0.39, 0.29) is 11.7 Å². The predicted octanol–water partition coefficient (Wildman–Crippen LogP) is 1.16. The first-order valence-corrected chi connectivity index (χ1v) is 9.31. The molecule has 158 valence electrons. The molecular weight excluding hydrogens is 389 g/mol. The van der Waals surface area contributed by atoms with Crippen LogP contribution in [0.5, 0.6) is 0 Å². The molecule has 0 saturated carbocycles. The maximum absolute atomic E-state index is 13.1. The Morgan fingerprint density at radius 1 is 1.34 bits per heavy atom. The first kappa shape index (κ1) is 21.0. The monoisotopic (exact) mass is 412 g/mol. The van der Waals surface area contributed by atoms with Crippen LogP contribution in [-0.4, -0.2) is 56.8 Å². The summed E-state index contributed by atoms with van der Waals surface area (Å²) in [4.78, 5) is 30.5. The van der Waals surface area contributed by atoms with Crippen LogP contribution in [-0.2, 0) is 25.7 Å². The number of rotatable bonds is 5. The summed E-state index contributed by atoms with van der Waals surface area (Å²) in [5.41, 5.74) is -1.92. The lowest BCUT2D eigenvalue weighted by Gasteiger charge is -2.17. The van der Waals surface area contributed by atoms with E-state index in [1.54, 1.807) is 4.57 Å². The highest BCUT2D eigenvalue weighted by Gasteiger charge is 2.36. The van der Waals surface area contributed by atoms with Crippen LogP contribution in [0.3, 0.4) is 0 Å². The van der Waals surface area contributed by atoms with Crippen LogP contribution in [0.1, 0.15) is 34.7 Å². The smallest absolute Gasteiger partial charge is 0.348 e. The van der Waals surface area contributed by atoms with Crippen molar-refractivity contribution in [2.24, 2.45) is 0 Å². The van der Waals surface area contributed by atoms with E-state index in [9.17, 15) is 22.8 Å². The Morgan fingerprint density at radius 3 is 2.79 bits per heavy atom. The minimum Gasteiger partial charge on any atom is -0.348 e. The van der Waals surface area contributed by atoms with E-state index < -0.39 is 23.3 Å². The predicted molar refractivity (Wildman–Crippen MR) is 98.5 cm³/mol. The van der Waals surface area contributed by atoms with Crippen LogP contribution < -0.4 is 11.0 Å². The summed E-state index contributed by atoms with van der Waals surface area (Å²) in [5.74, 6) is -0.245. The molecule has 0 saturated heterocycles. The van der Waals surface area contributed by atoms with Gasteiger partial charge in [0.2, 0.25) is 0 Å². The molecule has 0 aromatic carbocycles. The lowest BCUT2D eigenvalue weighted by molar-refractivity contribution is -0.138. The van der Waals surface area contributed by atoms with Gasteiger partial charge in [-0.25, -0.2) is 9.48 Å². The average Bonchev–Trinajstić information content (AvgIpc) is 2.82. The molecule has 2 aromatic rings. The fourth-order valence-corrected chi connectivity index (χ4v) is 3.28. The second kappa shape index (κ2) is 8.36. The Kier molecular flexibility index (Phi) is 6.06. The van der Waals surface area contributed by atoms with Gasteiger partial charge >= 0.3 is 11.9 Å². The summed E-state index contributed by atoms with van der Waals surface area (Å²) < 4.78 is 42.3. The summed E-state index contributed by atoms with van der Waals surface area (Å²) in [7, 11) is 3.82. The molecule has 0 fully saturated rings. The highest BCUT2D eigenvalue weighted by molar-refractivity contribution is 5.94. The molecule has 11 heteroatoms. The molecule has 0 radical (unpaired) electrons. The Hall–Kier alpha value is -2.69. The Bertz CT molecular complexity index is 934. The third-order valence-corrected chi connectivity index (χ3v) is 4.84. The minimum atomic E-state index is -4.66. The van der Waals surface area contributed by atoms with E-state index in [4.69, 9.17) is 0 Å². The van der Waals surface area contributed by atoms with Crippen molar-refractivity contribution in [1.29, 1.82) is 0 Å². The van der Waals surface area contributed by atoms with Gasteiger partial charge in [0.1, 0.15) is 11.5 Å². The van der Waals surface area contributed by atoms with Crippen LogP contribution in [0.2, 0.25) is 0 Å². The number of carbonyl (C=O) groups is 1. The van der Waals surface area contributed by atoms with Crippen molar-refractivity contribution in [3.8, 4) is 0 Å². The number of aromatic nitrogens is 4. The SMILES string of the molecule is CN(C)CCn1nc2n(c1=O)CCC(NC(=O)c1ncccc1C(F)(F)F)CC2. The van der Waals surface area contributed by atoms with Gasteiger partial charge in [0, 0.05) is 31.7 Å². The number of aryl methyl sites for hydroxylation is 1. The van der Waals surface area contributed by atoms with Gasteiger partial charge in [-0.2, -0.15) is 18.3 Å². The van der Waals surface area contributed by atoms with Gasteiger partial charge in [0.25, 0.3) is 5.91 Å². The van der Waals surface area contributed by atoms with Crippen molar-refractivity contribution in [2.75, 3.05) is 20.6 Å². The molecule has 1 atom stereocenters. The summed E-state index contributed by atoms with van der Waals surface area (Å²) in [6.45, 7) is 1.50. The van der Waals surface area contributed by atoms with Gasteiger partial charge in [-0.15, -0.1) is 0 Å². The third-order valence-electron chi connectivity index (χ3n) is 4.84.